The van der Waals surface area contributed by atoms with Gasteiger partial charge in [-0.2, -0.15) is 4.98 Å². The second kappa shape index (κ2) is 7.21. The number of benzene rings is 1. The summed E-state index contributed by atoms with van der Waals surface area (Å²) in [6, 6.07) is 6.54. The molecular weight excluding hydrogens is 290 g/mol. The number of likely N-dealkylation sites (N-methyl/N-ethyl adjacent to an activating group) is 1. The summed E-state index contributed by atoms with van der Waals surface area (Å²) in [7, 11) is 1.46. The van der Waals surface area contributed by atoms with E-state index in [0.29, 0.717) is 17.5 Å². The molecular formula is C14H15N3O5. The lowest BCUT2D eigenvalue weighted by Gasteiger charge is -2.09. The minimum Gasteiger partial charge on any atom is -0.485 e. The van der Waals surface area contributed by atoms with Gasteiger partial charge in [0.2, 0.25) is 11.7 Å². The van der Waals surface area contributed by atoms with E-state index in [1.54, 1.807) is 31.2 Å². The SMILES string of the molecule is CNC(=O)COC(=O)c1ccccc1OCc1noc(C)n1. The van der Waals surface area contributed by atoms with E-state index in [-0.39, 0.29) is 18.8 Å². The molecule has 1 amide bonds. The van der Waals surface area contributed by atoms with Gasteiger partial charge in [-0.15, -0.1) is 0 Å². The molecule has 2 aromatic rings. The lowest BCUT2D eigenvalue weighted by molar-refractivity contribution is -0.123. The molecule has 1 heterocycles. The zero-order valence-corrected chi connectivity index (χ0v) is 12.2. The van der Waals surface area contributed by atoms with Crippen LogP contribution in [0.4, 0.5) is 0 Å². The third-order valence-corrected chi connectivity index (χ3v) is 2.65. The summed E-state index contributed by atoms with van der Waals surface area (Å²) in [5.74, 6) is 0.0623. The molecule has 22 heavy (non-hydrogen) atoms. The summed E-state index contributed by atoms with van der Waals surface area (Å²) in [6.45, 7) is 1.37. The summed E-state index contributed by atoms with van der Waals surface area (Å²) >= 11 is 0. The lowest BCUT2D eigenvalue weighted by atomic mass is 10.2. The van der Waals surface area contributed by atoms with Crippen molar-refractivity contribution < 1.29 is 23.6 Å². The maximum Gasteiger partial charge on any atom is 0.342 e. The van der Waals surface area contributed by atoms with E-state index in [1.165, 1.54) is 7.05 Å². The van der Waals surface area contributed by atoms with Crippen LogP contribution in [0.3, 0.4) is 0 Å². The maximum atomic E-state index is 12.0. The quantitative estimate of drug-likeness (QED) is 0.789. The molecule has 0 saturated carbocycles. The van der Waals surface area contributed by atoms with Gasteiger partial charge in [0, 0.05) is 14.0 Å². The molecule has 116 valence electrons. The number of carbonyl (C=O) groups is 2. The normalized spacial score (nSPS) is 10.1. The Morgan fingerprint density at radius 3 is 2.77 bits per heavy atom. The van der Waals surface area contributed by atoms with E-state index in [2.05, 4.69) is 15.5 Å². The summed E-state index contributed by atoms with van der Waals surface area (Å²) in [6.07, 6.45) is 0. The average molecular weight is 305 g/mol. The molecule has 0 aliphatic rings. The van der Waals surface area contributed by atoms with Crippen molar-refractivity contribution in [3.8, 4) is 5.75 Å². The van der Waals surface area contributed by atoms with Crippen molar-refractivity contribution >= 4 is 11.9 Å². The summed E-state index contributed by atoms with van der Waals surface area (Å²) in [5, 5.41) is 6.06. The highest BCUT2D eigenvalue weighted by Gasteiger charge is 2.15. The highest BCUT2D eigenvalue weighted by Crippen LogP contribution is 2.20. The van der Waals surface area contributed by atoms with Gasteiger partial charge in [-0.25, -0.2) is 4.79 Å². The number of nitrogens with one attached hydrogen (secondary N) is 1. The Morgan fingerprint density at radius 1 is 1.32 bits per heavy atom. The van der Waals surface area contributed by atoms with E-state index in [0.717, 1.165) is 0 Å². The maximum absolute atomic E-state index is 12.0. The van der Waals surface area contributed by atoms with Crippen LogP contribution in [0.2, 0.25) is 0 Å². The summed E-state index contributed by atoms with van der Waals surface area (Å²) in [5.41, 5.74) is 0.214. The molecule has 1 aromatic carbocycles. The lowest BCUT2D eigenvalue weighted by Crippen LogP contribution is -2.25. The van der Waals surface area contributed by atoms with E-state index in [9.17, 15) is 9.59 Å². The van der Waals surface area contributed by atoms with Gasteiger partial charge in [0.1, 0.15) is 11.3 Å². The standard InChI is InChI=1S/C14H15N3O5/c1-9-16-12(17-22-9)7-20-11-6-4-3-5-10(11)14(19)21-8-13(18)15-2/h3-6H,7-8H2,1-2H3,(H,15,18). The average Bonchev–Trinajstić information content (AvgIpc) is 2.96. The predicted molar refractivity (Wildman–Crippen MR) is 74.2 cm³/mol. The second-order valence-corrected chi connectivity index (χ2v) is 4.26. The fourth-order valence-electron chi connectivity index (χ4n) is 1.58. The number of para-hydroxylation sites is 1. The van der Waals surface area contributed by atoms with Gasteiger partial charge in [-0.3, -0.25) is 4.79 Å². The molecule has 1 aromatic heterocycles. The van der Waals surface area contributed by atoms with Gasteiger partial charge < -0.3 is 19.3 Å². The molecule has 0 spiro atoms. The van der Waals surface area contributed by atoms with Crippen LogP contribution in [0.1, 0.15) is 22.1 Å². The van der Waals surface area contributed by atoms with Crippen LogP contribution in [-0.4, -0.2) is 35.7 Å². The molecule has 0 atom stereocenters. The Kier molecular flexibility index (Phi) is 5.07. The van der Waals surface area contributed by atoms with Crippen LogP contribution < -0.4 is 10.1 Å². The summed E-state index contributed by atoms with van der Waals surface area (Å²) in [4.78, 5) is 27.1. The van der Waals surface area contributed by atoms with Crippen LogP contribution in [0.25, 0.3) is 0 Å². The Labute approximate surface area is 126 Å². The van der Waals surface area contributed by atoms with Crippen molar-refractivity contribution in [1.82, 2.24) is 15.5 Å². The second-order valence-electron chi connectivity index (χ2n) is 4.26. The van der Waals surface area contributed by atoms with Crippen molar-refractivity contribution in [3.05, 3.63) is 41.5 Å². The Hall–Kier alpha value is -2.90. The molecule has 0 fully saturated rings. The Balaban J connectivity index is 2.02. The molecule has 1 N–H and O–H groups in total. The summed E-state index contributed by atoms with van der Waals surface area (Å²) < 4.78 is 15.2. The molecule has 0 aliphatic heterocycles. The minimum absolute atomic E-state index is 0.0527. The molecule has 0 bridgehead atoms. The largest absolute Gasteiger partial charge is 0.485 e. The molecule has 0 aliphatic carbocycles. The van der Waals surface area contributed by atoms with Crippen LogP contribution in [0.15, 0.2) is 28.8 Å². The van der Waals surface area contributed by atoms with Crippen LogP contribution in [0, 0.1) is 6.92 Å². The van der Waals surface area contributed by atoms with E-state index >= 15 is 0 Å². The van der Waals surface area contributed by atoms with E-state index < -0.39 is 11.9 Å². The Morgan fingerprint density at radius 2 is 2.09 bits per heavy atom. The van der Waals surface area contributed by atoms with E-state index in [1.807, 2.05) is 0 Å². The fraction of sp³-hybridized carbons (Fsp3) is 0.286. The number of carbonyl (C=O) groups excluding carboxylic acids is 2. The number of hydrogen-bond acceptors (Lipinski definition) is 7. The third kappa shape index (κ3) is 4.05. The molecule has 8 heteroatoms. The first-order valence-corrected chi connectivity index (χ1v) is 6.49. The first-order valence-electron chi connectivity index (χ1n) is 6.49. The first-order chi connectivity index (χ1) is 10.6. The van der Waals surface area contributed by atoms with Gasteiger partial charge in [0.15, 0.2) is 13.2 Å². The van der Waals surface area contributed by atoms with Crippen molar-refractivity contribution in [2.45, 2.75) is 13.5 Å². The monoisotopic (exact) mass is 305 g/mol. The molecule has 0 unspecified atom stereocenters. The van der Waals surface area contributed by atoms with Gasteiger partial charge in [0.05, 0.1) is 0 Å². The topological polar surface area (TPSA) is 104 Å². The zero-order chi connectivity index (χ0) is 15.9. The van der Waals surface area contributed by atoms with Gasteiger partial charge in [-0.1, -0.05) is 17.3 Å². The van der Waals surface area contributed by atoms with Crippen molar-refractivity contribution in [3.63, 3.8) is 0 Å². The molecule has 2 rings (SSSR count). The predicted octanol–water partition coefficient (Wildman–Crippen LogP) is 0.860. The van der Waals surface area contributed by atoms with Crippen molar-refractivity contribution in [2.24, 2.45) is 0 Å². The van der Waals surface area contributed by atoms with Crippen LogP contribution in [0.5, 0.6) is 5.75 Å². The Bertz CT molecular complexity index is 668. The molecule has 0 radical (unpaired) electrons. The minimum atomic E-state index is -0.650. The number of rotatable bonds is 6. The fourth-order valence-corrected chi connectivity index (χ4v) is 1.58. The van der Waals surface area contributed by atoms with Gasteiger partial charge in [-0.05, 0) is 12.1 Å². The van der Waals surface area contributed by atoms with E-state index in [4.69, 9.17) is 14.0 Å². The molecule has 8 nitrogen and oxygen atoms in total. The number of esters is 1. The van der Waals surface area contributed by atoms with Gasteiger partial charge >= 0.3 is 5.97 Å². The number of nitrogens with zero attached hydrogens (tertiary/aromatic N) is 2. The highest BCUT2D eigenvalue weighted by molar-refractivity contribution is 5.93. The van der Waals surface area contributed by atoms with Crippen molar-refractivity contribution in [2.75, 3.05) is 13.7 Å². The number of hydrogen-bond donors (Lipinski definition) is 1. The number of ether oxygens (including phenoxy) is 2. The van der Waals surface area contributed by atoms with Crippen LogP contribution in [-0.2, 0) is 16.1 Å². The van der Waals surface area contributed by atoms with Crippen molar-refractivity contribution in [1.29, 1.82) is 0 Å². The number of amides is 1. The smallest absolute Gasteiger partial charge is 0.342 e. The highest BCUT2D eigenvalue weighted by atomic mass is 16.5. The first kappa shape index (κ1) is 15.5. The zero-order valence-electron chi connectivity index (χ0n) is 12.2. The molecule has 0 saturated heterocycles. The number of aromatic nitrogens is 2. The number of aryl methyl sites for hydroxylation is 1. The van der Waals surface area contributed by atoms with Crippen LogP contribution >= 0.6 is 0 Å². The van der Waals surface area contributed by atoms with Gasteiger partial charge in [0.25, 0.3) is 5.91 Å². The third-order valence-electron chi connectivity index (χ3n) is 2.65.